The summed E-state index contributed by atoms with van der Waals surface area (Å²) in [5, 5.41) is 8.70. The average Bonchev–Trinajstić information content (AvgIpc) is 1.83. The van der Waals surface area contributed by atoms with Crippen LogP contribution in [0.3, 0.4) is 0 Å². The van der Waals surface area contributed by atoms with Crippen molar-refractivity contribution >= 4 is 17.6 Å². The molecule has 0 aromatic carbocycles. The fraction of sp³-hybridized carbons (Fsp3) is 0.800. The molecule has 0 aromatic rings. The van der Waals surface area contributed by atoms with Crippen molar-refractivity contribution in [2.24, 2.45) is 0 Å². The summed E-state index contributed by atoms with van der Waals surface area (Å²) in [6.07, 6.45) is -0.740. The molecule has 0 amide bonds. The van der Waals surface area contributed by atoms with Crippen molar-refractivity contribution in [1.82, 2.24) is 0 Å². The molecule has 0 aliphatic carbocycles. The van der Waals surface area contributed by atoms with E-state index in [4.69, 9.17) is 16.7 Å². The molecule has 0 fully saturated rings. The molecule has 0 spiro atoms. The minimum absolute atomic E-state index is 0.0150. The summed E-state index contributed by atoms with van der Waals surface area (Å²) in [6.45, 7) is 1.26. The first-order chi connectivity index (χ1) is 4.16. The van der Waals surface area contributed by atoms with Crippen LogP contribution in [0.1, 0.15) is 6.92 Å². The van der Waals surface area contributed by atoms with Crippen molar-refractivity contribution in [2.45, 2.75) is 13.0 Å². The first kappa shape index (κ1) is 8.72. The van der Waals surface area contributed by atoms with E-state index >= 15 is 0 Å². The van der Waals surface area contributed by atoms with E-state index in [1.165, 1.54) is 6.92 Å². The Hall–Kier alpha value is -0.280. The fourth-order valence-electron chi connectivity index (χ4n) is 0.258. The Morgan fingerprint density at radius 1 is 1.89 bits per heavy atom. The smallest absolute Gasteiger partial charge is 0.302 e. The van der Waals surface area contributed by atoms with E-state index in [1.54, 1.807) is 0 Å². The fourth-order valence-corrected chi connectivity index (χ4v) is 0.347. The van der Waals surface area contributed by atoms with Crippen LogP contribution >= 0.6 is 11.6 Å². The Bertz CT molecular complexity index is 94.2. The summed E-state index contributed by atoms with van der Waals surface area (Å²) < 4.78 is 4.42. The summed E-state index contributed by atoms with van der Waals surface area (Å²) in [5.74, 6) is -0.313. The van der Waals surface area contributed by atoms with Gasteiger partial charge >= 0.3 is 5.97 Å². The van der Waals surface area contributed by atoms with Gasteiger partial charge in [-0.3, -0.25) is 4.79 Å². The van der Waals surface area contributed by atoms with Crippen molar-refractivity contribution in [1.29, 1.82) is 0 Å². The van der Waals surface area contributed by atoms with E-state index < -0.39 is 12.1 Å². The summed E-state index contributed by atoms with van der Waals surface area (Å²) in [6, 6.07) is 0. The number of carbonyl (C=O) groups excluding carboxylic acids is 1. The van der Waals surface area contributed by atoms with Gasteiger partial charge in [0, 0.05) is 6.92 Å². The molecule has 3 nitrogen and oxygen atoms in total. The normalized spacial score (nSPS) is 12.8. The molecule has 54 valence electrons. The zero-order valence-corrected chi connectivity index (χ0v) is 5.89. The number of aliphatic hydroxyl groups is 1. The molecule has 0 aliphatic heterocycles. The summed E-state index contributed by atoms with van der Waals surface area (Å²) in [4.78, 5) is 10.1. The Labute approximate surface area is 58.6 Å². The summed E-state index contributed by atoms with van der Waals surface area (Å²) >= 11 is 5.19. The maximum atomic E-state index is 10.1. The average molecular weight is 153 g/mol. The number of aliphatic hydroxyl groups excluding tert-OH is 1. The molecule has 0 bridgehead atoms. The van der Waals surface area contributed by atoms with Crippen molar-refractivity contribution in [2.75, 3.05) is 12.5 Å². The molecule has 0 unspecified atom stereocenters. The van der Waals surface area contributed by atoms with Gasteiger partial charge in [0.15, 0.2) is 0 Å². The standard InChI is InChI=1S/C5H9ClO3/c1-4(7)9-3-5(8)2-6/h5,8H,2-3H2,1H3/t5-/m0/s1. The van der Waals surface area contributed by atoms with Crippen LogP contribution < -0.4 is 0 Å². The van der Waals surface area contributed by atoms with Gasteiger partial charge < -0.3 is 9.84 Å². The highest BCUT2D eigenvalue weighted by Crippen LogP contribution is 1.88. The molecule has 1 N–H and O–H groups in total. The number of alkyl halides is 1. The van der Waals surface area contributed by atoms with E-state index in [9.17, 15) is 4.79 Å². The van der Waals surface area contributed by atoms with Gasteiger partial charge in [0.2, 0.25) is 0 Å². The number of halogens is 1. The molecule has 0 saturated heterocycles. The van der Waals surface area contributed by atoms with Gasteiger partial charge in [0.25, 0.3) is 0 Å². The van der Waals surface area contributed by atoms with Crippen LogP contribution in [0.4, 0.5) is 0 Å². The maximum absolute atomic E-state index is 10.1. The zero-order chi connectivity index (χ0) is 7.28. The Morgan fingerprint density at radius 2 is 2.44 bits per heavy atom. The molecule has 0 aliphatic rings. The molecule has 0 heterocycles. The van der Waals surface area contributed by atoms with Crippen LogP contribution in [-0.2, 0) is 9.53 Å². The van der Waals surface area contributed by atoms with Gasteiger partial charge in [-0.1, -0.05) is 0 Å². The van der Waals surface area contributed by atoms with E-state index in [0.29, 0.717) is 0 Å². The van der Waals surface area contributed by atoms with Crippen LogP contribution in [0.25, 0.3) is 0 Å². The second kappa shape index (κ2) is 4.58. The third kappa shape index (κ3) is 5.59. The van der Waals surface area contributed by atoms with Gasteiger partial charge in [-0.25, -0.2) is 0 Å². The highest BCUT2D eigenvalue weighted by molar-refractivity contribution is 6.18. The van der Waals surface area contributed by atoms with E-state index in [1.807, 2.05) is 0 Å². The monoisotopic (exact) mass is 152 g/mol. The molecular weight excluding hydrogens is 144 g/mol. The molecule has 4 heteroatoms. The quantitative estimate of drug-likeness (QED) is 0.463. The highest BCUT2D eigenvalue weighted by atomic mass is 35.5. The number of ether oxygens (including phenoxy) is 1. The van der Waals surface area contributed by atoms with Crippen LogP contribution in [0.2, 0.25) is 0 Å². The number of rotatable bonds is 3. The molecule has 0 aromatic heterocycles. The summed E-state index contributed by atoms with van der Waals surface area (Å²) in [5.41, 5.74) is 0. The van der Waals surface area contributed by atoms with Crippen LogP contribution in [0.15, 0.2) is 0 Å². The third-order valence-electron chi connectivity index (χ3n) is 0.657. The van der Waals surface area contributed by atoms with Crippen LogP contribution in [0.5, 0.6) is 0 Å². The van der Waals surface area contributed by atoms with E-state index in [0.717, 1.165) is 0 Å². The molecule has 1 atom stereocenters. The topological polar surface area (TPSA) is 46.5 Å². The Morgan fingerprint density at radius 3 is 2.78 bits per heavy atom. The van der Waals surface area contributed by atoms with Gasteiger partial charge in [-0.05, 0) is 0 Å². The lowest BCUT2D eigenvalue weighted by Gasteiger charge is -2.04. The Balaban J connectivity index is 3.16. The first-order valence-corrected chi connectivity index (χ1v) is 3.07. The number of esters is 1. The van der Waals surface area contributed by atoms with Gasteiger partial charge in [0.1, 0.15) is 12.7 Å². The lowest BCUT2D eigenvalue weighted by Crippen LogP contribution is -2.18. The molecule has 0 radical (unpaired) electrons. The second-order valence-electron chi connectivity index (χ2n) is 1.61. The lowest BCUT2D eigenvalue weighted by atomic mass is 10.4. The molecule has 0 saturated carbocycles. The minimum atomic E-state index is -0.740. The van der Waals surface area contributed by atoms with Gasteiger partial charge in [-0.15, -0.1) is 11.6 Å². The lowest BCUT2D eigenvalue weighted by molar-refractivity contribution is -0.143. The van der Waals surface area contributed by atoms with Crippen molar-refractivity contribution in [3.8, 4) is 0 Å². The van der Waals surface area contributed by atoms with E-state index in [2.05, 4.69) is 4.74 Å². The predicted molar refractivity (Wildman–Crippen MR) is 33.4 cm³/mol. The van der Waals surface area contributed by atoms with Crippen molar-refractivity contribution in [3.05, 3.63) is 0 Å². The third-order valence-corrected chi connectivity index (χ3v) is 1.01. The predicted octanol–water partition coefficient (Wildman–Crippen LogP) is 0.149. The number of carbonyl (C=O) groups is 1. The van der Waals surface area contributed by atoms with Gasteiger partial charge in [-0.2, -0.15) is 0 Å². The highest BCUT2D eigenvalue weighted by Gasteiger charge is 2.02. The second-order valence-corrected chi connectivity index (χ2v) is 1.92. The Kier molecular flexibility index (Phi) is 4.44. The van der Waals surface area contributed by atoms with Crippen molar-refractivity contribution < 1.29 is 14.6 Å². The molecule has 0 rings (SSSR count). The molecule has 9 heavy (non-hydrogen) atoms. The van der Waals surface area contributed by atoms with Crippen LogP contribution in [-0.4, -0.2) is 29.7 Å². The number of hydrogen-bond donors (Lipinski definition) is 1. The molecular formula is C5H9ClO3. The zero-order valence-electron chi connectivity index (χ0n) is 5.13. The summed E-state index contributed by atoms with van der Waals surface area (Å²) in [7, 11) is 0. The first-order valence-electron chi connectivity index (χ1n) is 2.54. The SMILES string of the molecule is CC(=O)OC[C@@H](O)CCl. The van der Waals surface area contributed by atoms with Crippen molar-refractivity contribution in [3.63, 3.8) is 0 Å². The van der Waals surface area contributed by atoms with E-state index in [-0.39, 0.29) is 12.5 Å². The maximum Gasteiger partial charge on any atom is 0.302 e. The van der Waals surface area contributed by atoms with Crippen LogP contribution in [0, 0.1) is 0 Å². The van der Waals surface area contributed by atoms with Gasteiger partial charge in [0.05, 0.1) is 5.88 Å². The number of hydrogen-bond acceptors (Lipinski definition) is 3. The minimum Gasteiger partial charge on any atom is -0.463 e. The largest absolute Gasteiger partial charge is 0.463 e.